The molecule has 8 heteroatoms. The Balaban J connectivity index is 4.53. The molecule has 0 radical (unpaired) electrons. The summed E-state index contributed by atoms with van der Waals surface area (Å²) in [5.41, 5.74) is 4.93. The van der Waals surface area contributed by atoms with Crippen molar-refractivity contribution in [3.63, 3.8) is 0 Å². The van der Waals surface area contributed by atoms with Gasteiger partial charge in [-0.15, -0.1) is 0 Å². The first-order valence-corrected chi connectivity index (χ1v) is 7.69. The van der Waals surface area contributed by atoms with E-state index in [1.807, 2.05) is 20.8 Å². The Labute approximate surface area is 116 Å². The highest BCUT2D eigenvalue weighted by Crippen LogP contribution is 2.02. The second kappa shape index (κ2) is 7.18. The Hall–Kier alpha value is -0.700. The van der Waals surface area contributed by atoms with Crippen molar-refractivity contribution in [2.24, 2.45) is 5.73 Å². The topological polar surface area (TPSA) is 105 Å². The van der Waals surface area contributed by atoms with Crippen LogP contribution >= 0.6 is 0 Å². The lowest BCUT2D eigenvalue weighted by molar-refractivity contribution is -0.123. The Morgan fingerprint density at radius 1 is 1.37 bits per heavy atom. The van der Waals surface area contributed by atoms with Gasteiger partial charge in [0.2, 0.25) is 5.91 Å². The van der Waals surface area contributed by atoms with E-state index >= 15 is 0 Å². The second-order valence-electron chi connectivity index (χ2n) is 5.55. The molecule has 0 spiro atoms. The van der Waals surface area contributed by atoms with Crippen LogP contribution in [0.3, 0.4) is 0 Å². The Kier molecular flexibility index (Phi) is 6.92. The number of hydrogen-bond donors (Lipinski definition) is 3. The summed E-state index contributed by atoms with van der Waals surface area (Å²) < 4.78 is 27.3. The normalized spacial score (nSPS) is 14.5. The molecule has 0 aromatic carbocycles. The van der Waals surface area contributed by atoms with Gasteiger partial charge in [0.05, 0.1) is 6.04 Å². The van der Waals surface area contributed by atoms with Gasteiger partial charge in [0, 0.05) is 19.1 Å². The summed E-state index contributed by atoms with van der Waals surface area (Å²) in [5, 5.41) is 2.72. The molecule has 0 aliphatic heterocycles. The average molecular weight is 294 g/mol. The van der Waals surface area contributed by atoms with E-state index in [-0.39, 0.29) is 5.91 Å². The number of rotatable bonds is 7. The molecule has 0 saturated carbocycles. The van der Waals surface area contributed by atoms with Gasteiger partial charge < -0.3 is 11.1 Å². The van der Waals surface area contributed by atoms with Gasteiger partial charge >= 0.3 is 0 Å². The fourth-order valence-electron chi connectivity index (χ4n) is 1.28. The van der Waals surface area contributed by atoms with Crippen molar-refractivity contribution in [2.45, 2.75) is 45.7 Å². The maximum Gasteiger partial charge on any atom is 0.279 e. The van der Waals surface area contributed by atoms with E-state index in [1.54, 1.807) is 0 Å². The van der Waals surface area contributed by atoms with Crippen LogP contribution in [-0.4, -0.2) is 50.3 Å². The van der Waals surface area contributed by atoms with Gasteiger partial charge in [0.25, 0.3) is 10.2 Å². The predicted octanol–water partition coefficient (Wildman–Crippen LogP) is -0.595. The van der Waals surface area contributed by atoms with Crippen molar-refractivity contribution in [3.05, 3.63) is 0 Å². The molecule has 7 nitrogen and oxygen atoms in total. The van der Waals surface area contributed by atoms with Crippen LogP contribution in [0.1, 0.15) is 34.1 Å². The molecule has 0 aromatic rings. The van der Waals surface area contributed by atoms with Crippen molar-refractivity contribution in [2.75, 3.05) is 20.1 Å². The molecule has 1 unspecified atom stereocenters. The van der Waals surface area contributed by atoms with Gasteiger partial charge in [0.15, 0.2) is 0 Å². The van der Waals surface area contributed by atoms with Gasteiger partial charge in [-0.25, -0.2) is 0 Å². The van der Waals surface area contributed by atoms with Crippen LogP contribution in [0.25, 0.3) is 0 Å². The summed E-state index contributed by atoms with van der Waals surface area (Å²) >= 11 is 0. The highest BCUT2D eigenvalue weighted by Gasteiger charge is 2.25. The molecular weight excluding hydrogens is 268 g/mol. The van der Waals surface area contributed by atoms with E-state index in [0.29, 0.717) is 19.5 Å². The zero-order valence-electron chi connectivity index (χ0n) is 12.4. The third kappa shape index (κ3) is 7.46. The lowest BCUT2D eigenvalue weighted by Gasteiger charge is -2.25. The van der Waals surface area contributed by atoms with Crippen LogP contribution < -0.4 is 15.8 Å². The molecular formula is C11H26N4O3S. The minimum Gasteiger partial charge on any atom is -0.350 e. The Bertz CT molecular complexity index is 389. The van der Waals surface area contributed by atoms with Gasteiger partial charge in [-0.3, -0.25) is 4.79 Å². The zero-order chi connectivity index (χ0) is 15.3. The summed E-state index contributed by atoms with van der Waals surface area (Å²) in [4.78, 5) is 11.8. The number of nitrogens with one attached hydrogen (secondary N) is 2. The molecule has 0 rings (SSSR count). The molecule has 19 heavy (non-hydrogen) atoms. The van der Waals surface area contributed by atoms with Crippen molar-refractivity contribution in [3.8, 4) is 0 Å². The van der Waals surface area contributed by atoms with Crippen LogP contribution in [0, 0.1) is 0 Å². The third-order valence-corrected chi connectivity index (χ3v) is 3.96. The molecule has 114 valence electrons. The maximum absolute atomic E-state index is 11.9. The molecule has 1 atom stereocenters. The van der Waals surface area contributed by atoms with Crippen LogP contribution in [0.4, 0.5) is 0 Å². The molecule has 0 aromatic heterocycles. The second-order valence-corrected chi connectivity index (χ2v) is 7.36. The number of nitrogens with zero attached hydrogens (tertiary/aromatic N) is 1. The summed E-state index contributed by atoms with van der Waals surface area (Å²) in [6.07, 6.45) is 0.569. The molecule has 4 N–H and O–H groups in total. The Morgan fingerprint density at radius 3 is 2.32 bits per heavy atom. The fourth-order valence-corrected chi connectivity index (χ4v) is 2.38. The summed E-state index contributed by atoms with van der Waals surface area (Å²) in [6, 6.07) is -0.829. The highest BCUT2D eigenvalue weighted by molar-refractivity contribution is 7.87. The fraction of sp³-hybridized carbons (Fsp3) is 0.909. The highest BCUT2D eigenvalue weighted by atomic mass is 32.2. The lowest BCUT2D eigenvalue weighted by atomic mass is 10.1. The van der Waals surface area contributed by atoms with Crippen molar-refractivity contribution >= 4 is 16.1 Å². The lowest BCUT2D eigenvalue weighted by Crippen LogP contribution is -2.53. The Morgan fingerprint density at radius 2 is 1.89 bits per heavy atom. The van der Waals surface area contributed by atoms with E-state index in [4.69, 9.17) is 5.73 Å². The summed E-state index contributed by atoms with van der Waals surface area (Å²) in [7, 11) is -2.21. The monoisotopic (exact) mass is 294 g/mol. The maximum atomic E-state index is 11.9. The molecule has 0 aliphatic rings. The van der Waals surface area contributed by atoms with E-state index in [0.717, 1.165) is 4.31 Å². The number of hydrogen-bond acceptors (Lipinski definition) is 4. The molecule has 1 amide bonds. The van der Waals surface area contributed by atoms with Crippen LogP contribution in [0.5, 0.6) is 0 Å². The smallest absolute Gasteiger partial charge is 0.279 e. The van der Waals surface area contributed by atoms with Crippen molar-refractivity contribution in [1.29, 1.82) is 0 Å². The first-order chi connectivity index (χ1) is 8.49. The van der Waals surface area contributed by atoms with Crippen LogP contribution in [0.2, 0.25) is 0 Å². The van der Waals surface area contributed by atoms with E-state index in [2.05, 4.69) is 10.0 Å². The number of carbonyl (C=O) groups is 1. The largest absolute Gasteiger partial charge is 0.350 e. The summed E-state index contributed by atoms with van der Waals surface area (Å²) in [6.45, 7) is 7.74. The van der Waals surface area contributed by atoms with Crippen LogP contribution in [-0.2, 0) is 15.0 Å². The molecule has 0 bridgehead atoms. The van der Waals surface area contributed by atoms with E-state index < -0.39 is 21.8 Å². The minimum absolute atomic E-state index is 0.319. The van der Waals surface area contributed by atoms with Gasteiger partial charge in [-0.1, -0.05) is 0 Å². The first kappa shape index (κ1) is 18.3. The third-order valence-electron chi connectivity index (χ3n) is 2.30. The molecule has 0 saturated heterocycles. The van der Waals surface area contributed by atoms with Crippen molar-refractivity contribution in [1.82, 2.24) is 14.3 Å². The quantitative estimate of drug-likeness (QED) is 0.583. The standard InChI is InChI=1S/C11H26N4O3S/c1-9(10(16)13-11(2,3)4)14-19(17,18)15(5)8-6-7-12/h9,14H,6-8,12H2,1-5H3,(H,13,16). The van der Waals surface area contributed by atoms with E-state index in [9.17, 15) is 13.2 Å². The number of amides is 1. The molecule has 0 aliphatic carbocycles. The molecule has 0 fully saturated rings. The average Bonchev–Trinajstić information content (AvgIpc) is 2.22. The molecule has 0 heterocycles. The number of carbonyl (C=O) groups excluding carboxylic acids is 1. The first-order valence-electron chi connectivity index (χ1n) is 6.25. The van der Waals surface area contributed by atoms with Gasteiger partial charge in [0.1, 0.15) is 0 Å². The van der Waals surface area contributed by atoms with Crippen molar-refractivity contribution < 1.29 is 13.2 Å². The number of nitrogens with two attached hydrogens (primary N) is 1. The SMILES string of the molecule is CC(NS(=O)(=O)N(C)CCCN)C(=O)NC(C)(C)C. The predicted molar refractivity (Wildman–Crippen MR) is 75.7 cm³/mol. The van der Waals surface area contributed by atoms with Gasteiger partial charge in [-0.2, -0.15) is 17.4 Å². The summed E-state index contributed by atoms with van der Waals surface area (Å²) in [5.74, 6) is -0.358. The van der Waals surface area contributed by atoms with Gasteiger partial charge in [-0.05, 0) is 40.7 Å². The zero-order valence-corrected chi connectivity index (χ0v) is 13.2. The minimum atomic E-state index is -3.67. The van der Waals surface area contributed by atoms with E-state index in [1.165, 1.54) is 14.0 Å². The van der Waals surface area contributed by atoms with Crippen LogP contribution in [0.15, 0.2) is 0 Å².